The van der Waals surface area contributed by atoms with Crippen LogP contribution in [0.2, 0.25) is 0 Å². The lowest BCUT2D eigenvalue weighted by Crippen LogP contribution is -1.82. The molecule has 7 rings (SSSR count). The molecule has 0 saturated heterocycles. The maximum Gasteiger partial charge on any atom is 0.123 e. The van der Waals surface area contributed by atoms with Gasteiger partial charge in [0, 0.05) is 0 Å². The van der Waals surface area contributed by atoms with Gasteiger partial charge in [-0.2, -0.15) is 0 Å². The molecule has 134 valence electrons. The molecule has 0 aliphatic heterocycles. The van der Waals surface area contributed by atoms with Crippen molar-refractivity contribution in [3.63, 3.8) is 0 Å². The van der Waals surface area contributed by atoms with Crippen LogP contribution in [0.3, 0.4) is 0 Å². The van der Waals surface area contributed by atoms with Crippen molar-refractivity contribution in [2.45, 2.75) is 0 Å². The Hall–Kier alpha value is -3.71. The summed E-state index contributed by atoms with van der Waals surface area (Å²) < 4.78 is 13.2. The molecule has 1 heteroatoms. The molecule has 0 saturated carbocycles. The highest BCUT2D eigenvalue weighted by Crippen LogP contribution is 2.48. The van der Waals surface area contributed by atoms with Gasteiger partial charge in [-0.3, -0.25) is 0 Å². The van der Waals surface area contributed by atoms with Crippen molar-refractivity contribution in [2.75, 3.05) is 0 Å². The zero-order valence-corrected chi connectivity index (χ0v) is 15.5. The molecule has 0 spiro atoms. The van der Waals surface area contributed by atoms with Crippen molar-refractivity contribution < 1.29 is 4.39 Å². The fraction of sp³-hybridized carbons (Fsp3) is 0. The zero-order valence-electron chi connectivity index (χ0n) is 15.5. The first kappa shape index (κ1) is 15.2. The van der Waals surface area contributed by atoms with E-state index in [0.29, 0.717) is 0 Å². The van der Waals surface area contributed by atoms with Crippen LogP contribution in [0, 0.1) is 5.82 Å². The van der Waals surface area contributed by atoms with Crippen molar-refractivity contribution in [3.8, 4) is 0 Å². The molecule has 0 unspecified atom stereocenters. The van der Waals surface area contributed by atoms with Gasteiger partial charge >= 0.3 is 0 Å². The number of hydrogen-bond donors (Lipinski definition) is 0. The average molecular weight is 370 g/mol. The zero-order chi connectivity index (χ0) is 19.1. The Balaban J connectivity index is 1.62. The molecule has 7 aromatic carbocycles. The second-order valence-electron chi connectivity index (χ2n) is 7.93. The third-order valence-corrected chi connectivity index (χ3v) is 6.38. The maximum atomic E-state index is 13.2. The lowest BCUT2D eigenvalue weighted by atomic mass is 9.95. The molecule has 0 nitrogen and oxygen atoms in total. The van der Waals surface area contributed by atoms with Crippen LogP contribution in [-0.4, -0.2) is 0 Å². The van der Waals surface area contributed by atoms with Crippen molar-refractivity contribution >= 4 is 66.0 Å². The van der Waals surface area contributed by atoms with E-state index in [-0.39, 0.29) is 5.82 Å². The van der Waals surface area contributed by atoms with Crippen molar-refractivity contribution in [2.24, 2.45) is 0 Å². The first-order valence-electron chi connectivity index (χ1n) is 9.89. The summed E-state index contributed by atoms with van der Waals surface area (Å²) in [5.74, 6) is -0.207. The van der Waals surface area contributed by atoms with Crippen molar-refractivity contribution in [1.82, 2.24) is 0 Å². The molecule has 0 amide bonds. The van der Waals surface area contributed by atoms with Crippen molar-refractivity contribution in [3.05, 3.63) is 95.8 Å². The van der Waals surface area contributed by atoms with E-state index in [0.717, 1.165) is 5.56 Å². The Morgan fingerprint density at radius 3 is 1.66 bits per heavy atom. The van der Waals surface area contributed by atoms with E-state index in [2.05, 4.69) is 66.7 Å². The van der Waals surface area contributed by atoms with E-state index in [4.69, 9.17) is 0 Å². The smallest absolute Gasteiger partial charge is 0.123 e. The van der Waals surface area contributed by atoms with E-state index >= 15 is 0 Å². The van der Waals surface area contributed by atoms with Crippen LogP contribution in [0.15, 0.2) is 78.9 Å². The Morgan fingerprint density at radius 2 is 1.00 bits per heavy atom. The highest BCUT2D eigenvalue weighted by atomic mass is 19.1. The molecule has 29 heavy (non-hydrogen) atoms. The number of rotatable bonds is 2. The van der Waals surface area contributed by atoms with Crippen LogP contribution in [-0.2, 0) is 0 Å². The van der Waals surface area contributed by atoms with Crippen LogP contribution < -0.4 is 0 Å². The minimum absolute atomic E-state index is 0.207. The SMILES string of the molecule is Fc1ccc(/C=C/c2cc3ccc4ccc5ccc6ccc2c2c6c5c4c32)cc1. The molecular formula is C28H15F. The normalized spacial score (nSPS) is 12.9. The highest BCUT2D eigenvalue weighted by molar-refractivity contribution is 6.44. The summed E-state index contributed by atoms with van der Waals surface area (Å²) in [7, 11) is 0. The summed E-state index contributed by atoms with van der Waals surface area (Å²) in [5, 5.41) is 13.4. The van der Waals surface area contributed by atoms with Crippen LogP contribution in [0.5, 0.6) is 0 Å². The number of hydrogen-bond acceptors (Lipinski definition) is 0. The Kier molecular flexibility index (Phi) is 2.74. The minimum atomic E-state index is -0.207. The van der Waals surface area contributed by atoms with Gasteiger partial charge in [-0.05, 0) is 83.2 Å². The third-order valence-electron chi connectivity index (χ3n) is 6.38. The second-order valence-corrected chi connectivity index (χ2v) is 7.93. The number of halogens is 1. The molecule has 0 aliphatic rings. The van der Waals surface area contributed by atoms with E-state index in [9.17, 15) is 4.39 Å². The fourth-order valence-corrected chi connectivity index (χ4v) is 5.10. The second kappa shape index (κ2) is 5.21. The predicted molar refractivity (Wildman–Crippen MR) is 123 cm³/mol. The molecule has 0 radical (unpaired) electrons. The summed E-state index contributed by atoms with van der Waals surface area (Å²) >= 11 is 0. The van der Waals surface area contributed by atoms with Gasteiger partial charge in [-0.25, -0.2) is 4.39 Å². The van der Waals surface area contributed by atoms with Gasteiger partial charge in [-0.15, -0.1) is 0 Å². The molecule has 0 atom stereocenters. The Labute approximate surface area is 166 Å². The Morgan fingerprint density at radius 1 is 0.483 bits per heavy atom. The summed E-state index contributed by atoms with van der Waals surface area (Å²) in [6.07, 6.45) is 4.22. The molecular weight excluding hydrogens is 355 g/mol. The fourth-order valence-electron chi connectivity index (χ4n) is 5.10. The lowest BCUT2D eigenvalue weighted by molar-refractivity contribution is 0.628. The van der Waals surface area contributed by atoms with E-state index in [1.165, 1.54) is 71.6 Å². The van der Waals surface area contributed by atoms with E-state index in [1.807, 2.05) is 12.1 Å². The standard InChI is InChI=1S/C28H15F/c29-22-12-2-16(3-13-22)1-4-20-15-21-10-9-18-6-5-17-7-8-19-11-14-23(20)28-26(19)24(17)25(18)27(21)28/h1-15H/b4-1+. The maximum absolute atomic E-state index is 13.2. The summed E-state index contributed by atoms with van der Waals surface area (Å²) in [6, 6.07) is 26.8. The topological polar surface area (TPSA) is 0 Å². The highest BCUT2D eigenvalue weighted by Gasteiger charge is 2.20. The first-order valence-corrected chi connectivity index (χ1v) is 9.89. The van der Waals surface area contributed by atoms with Gasteiger partial charge in [0.25, 0.3) is 0 Å². The van der Waals surface area contributed by atoms with Gasteiger partial charge in [0.15, 0.2) is 0 Å². The van der Waals surface area contributed by atoms with E-state index in [1.54, 1.807) is 0 Å². The minimum Gasteiger partial charge on any atom is -0.207 e. The van der Waals surface area contributed by atoms with Gasteiger partial charge in [0.05, 0.1) is 0 Å². The monoisotopic (exact) mass is 370 g/mol. The molecule has 0 bridgehead atoms. The summed E-state index contributed by atoms with van der Waals surface area (Å²) in [5.41, 5.74) is 2.19. The van der Waals surface area contributed by atoms with Crippen LogP contribution in [0.1, 0.15) is 11.1 Å². The quantitative estimate of drug-likeness (QED) is 0.213. The van der Waals surface area contributed by atoms with Crippen molar-refractivity contribution in [1.29, 1.82) is 0 Å². The molecule has 0 N–H and O–H groups in total. The largest absolute Gasteiger partial charge is 0.207 e. The summed E-state index contributed by atoms with van der Waals surface area (Å²) in [6.45, 7) is 0. The number of benzene rings is 6. The van der Waals surface area contributed by atoms with Gasteiger partial charge < -0.3 is 0 Å². The lowest BCUT2D eigenvalue weighted by Gasteiger charge is -2.08. The molecule has 0 fully saturated rings. The molecule has 0 aromatic heterocycles. The first-order chi connectivity index (χ1) is 14.3. The Bertz CT molecular complexity index is 1640. The van der Waals surface area contributed by atoms with E-state index < -0.39 is 0 Å². The van der Waals surface area contributed by atoms with Crippen LogP contribution >= 0.6 is 0 Å². The van der Waals surface area contributed by atoms with Gasteiger partial charge in [0.2, 0.25) is 0 Å². The molecule has 0 heterocycles. The third kappa shape index (κ3) is 1.92. The van der Waals surface area contributed by atoms with Gasteiger partial charge in [0.1, 0.15) is 5.82 Å². The van der Waals surface area contributed by atoms with Crippen LogP contribution in [0.4, 0.5) is 4.39 Å². The molecule has 0 aliphatic carbocycles. The molecule has 7 aromatic rings. The summed E-state index contributed by atoms with van der Waals surface area (Å²) in [4.78, 5) is 0. The predicted octanol–water partition coefficient (Wildman–Crippen LogP) is 8.08. The average Bonchev–Trinajstić information content (AvgIpc) is 3.13. The van der Waals surface area contributed by atoms with Crippen LogP contribution in [0.25, 0.3) is 66.0 Å². The van der Waals surface area contributed by atoms with Gasteiger partial charge in [-0.1, -0.05) is 72.8 Å².